The van der Waals surface area contributed by atoms with Crippen molar-refractivity contribution in [2.24, 2.45) is 0 Å². The van der Waals surface area contributed by atoms with Gasteiger partial charge in [-0.05, 0) is 37.4 Å². The van der Waals surface area contributed by atoms with Crippen LogP contribution < -0.4 is 5.32 Å². The van der Waals surface area contributed by atoms with E-state index in [0.29, 0.717) is 12.6 Å². The molecule has 1 atom stereocenters. The third-order valence-corrected chi connectivity index (χ3v) is 4.62. The van der Waals surface area contributed by atoms with Crippen LogP contribution in [0.2, 0.25) is 0 Å². The number of carbonyl (C=O) groups is 1. The monoisotopic (exact) mass is 341 g/mol. The number of aryl methyl sites for hydroxylation is 1. The number of amides is 1. The second-order valence-electron chi connectivity index (χ2n) is 6.74. The van der Waals surface area contributed by atoms with E-state index < -0.39 is 0 Å². The van der Waals surface area contributed by atoms with Gasteiger partial charge in [0.1, 0.15) is 0 Å². The van der Waals surface area contributed by atoms with Gasteiger partial charge in [0.2, 0.25) is 5.91 Å². The summed E-state index contributed by atoms with van der Waals surface area (Å²) in [6, 6.07) is 4.53. The van der Waals surface area contributed by atoms with Crippen molar-refractivity contribution < 1.29 is 4.79 Å². The third-order valence-electron chi connectivity index (χ3n) is 4.62. The van der Waals surface area contributed by atoms with Crippen LogP contribution in [0.25, 0.3) is 0 Å². The Morgan fingerprint density at radius 2 is 2.20 bits per heavy atom. The van der Waals surface area contributed by atoms with Crippen molar-refractivity contribution in [3.8, 4) is 0 Å². The van der Waals surface area contributed by atoms with Crippen molar-refractivity contribution in [2.75, 3.05) is 6.54 Å². The van der Waals surface area contributed by atoms with Crippen LogP contribution in [0.4, 0.5) is 0 Å². The second kappa shape index (κ2) is 8.25. The minimum absolute atomic E-state index is 0.0188. The predicted molar refractivity (Wildman–Crippen MR) is 96.7 cm³/mol. The summed E-state index contributed by atoms with van der Waals surface area (Å²) in [6.07, 6.45) is 9.45. The van der Waals surface area contributed by atoms with E-state index >= 15 is 0 Å². The molecule has 1 aliphatic rings. The summed E-state index contributed by atoms with van der Waals surface area (Å²) in [5.41, 5.74) is 3.41. The molecule has 1 aliphatic heterocycles. The number of nitrogens with one attached hydrogen (secondary N) is 1. The minimum atomic E-state index is -0.0188. The Bertz CT molecular complexity index is 694. The fraction of sp³-hybridized carbons (Fsp3) is 0.526. The second-order valence-corrected chi connectivity index (χ2v) is 6.74. The highest BCUT2D eigenvalue weighted by Crippen LogP contribution is 2.32. The fourth-order valence-electron chi connectivity index (χ4n) is 3.39. The quantitative estimate of drug-likeness (QED) is 0.841. The summed E-state index contributed by atoms with van der Waals surface area (Å²) < 4.78 is 2.02. The van der Waals surface area contributed by atoms with Crippen LogP contribution in [0.15, 0.2) is 30.7 Å². The smallest absolute Gasteiger partial charge is 0.217 e. The molecule has 134 valence electrons. The van der Waals surface area contributed by atoms with E-state index in [1.54, 1.807) is 0 Å². The molecule has 6 heteroatoms. The number of rotatable bonds is 7. The number of carbonyl (C=O) groups excluding carboxylic acids is 1. The van der Waals surface area contributed by atoms with Gasteiger partial charge in [0.25, 0.3) is 0 Å². The first kappa shape index (κ1) is 17.6. The Hall–Kier alpha value is -2.21. The van der Waals surface area contributed by atoms with Gasteiger partial charge in [-0.15, -0.1) is 0 Å². The highest BCUT2D eigenvalue weighted by molar-refractivity contribution is 5.72. The molecule has 1 saturated heterocycles. The van der Waals surface area contributed by atoms with E-state index in [1.807, 2.05) is 17.1 Å². The molecule has 1 N–H and O–H groups in total. The van der Waals surface area contributed by atoms with Gasteiger partial charge in [0.15, 0.2) is 0 Å². The van der Waals surface area contributed by atoms with Crippen molar-refractivity contribution in [1.29, 1.82) is 0 Å². The van der Waals surface area contributed by atoms with Crippen molar-refractivity contribution in [1.82, 2.24) is 25.0 Å². The van der Waals surface area contributed by atoms with Gasteiger partial charge in [-0.2, -0.15) is 5.10 Å². The normalized spacial score (nSPS) is 17.8. The molecule has 6 nitrogen and oxygen atoms in total. The number of hydrogen-bond donors (Lipinski definition) is 1. The number of hydrogen-bond acceptors (Lipinski definition) is 4. The highest BCUT2D eigenvalue weighted by Gasteiger charge is 2.27. The van der Waals surface area contributed by atoms with Gasteiger partial charge in [0, 0.05) is 44.5 Å². The molecule has 25 heavy (non-hydrogen) atoms. The maximum atomic E-state index is 11.0. The molecule has 2 aromatic heterocycles. The Kier molecular flexibility index (Phi) is 5.81. The lowest BCUT2D eigenvalue weighted by atomic mass is 10.1. The van der Waals surface area contributed by atoms with Gasteiger partial charge < -0.3 is 5.32 Å². The number of likely N-dealkylation sites (tertiary alicyclic amines) is 1. The average Bonchev–Trinajstić information content (AvgIpc) is 3.24. The summed E-state index contributed by atoms with van der Waals surface area (Å²) in [5.74, 6) is -0.0188. The first-order valence-corrected chi connectivity index (χ1v) is 9.10. The lowest BCUT2D eigenvalue weighted by Crippen LogP contribution is -2.23. The van der Waals surface area contributed by atoms with Gasteiger partial charge in [-0.3, -0.25) is 19.4 Å². The van der Waals surface area contributed by atoms with Gasteiger partial charge in [-0.25, -0.2) is 0 Å². The zero-order valence-electron chi connectivity index (χ0n) is 15.1. The maximum absolute atomic E-state index is 11.0. The molecule has 0 spiro atoms. The standard InChI is InChI=1S/C19H27N5O/c1-3-8-24-14-17(12-22-24)13-23-9-4-5-19(23)18-7-6-16(11-21-18)10-20-15(2)25/h6-7,11-12,14,19H,3-5,8-10,13H2,1-2H3,(H,20,25). The van der Waals surface area contributed by atoms with Crippen LogP contribution in [0.3, 0.4) is 0 Å². The van der Waals surface area contributed by atoms with E-state index in [4.69, 9.17) is 0 Å². The molecule has 1 amide bonds. The van der Waals surface area contributed by atoms with E-state index in [-0.39, 0.29) is 5.91 Å². The van der Waals surface area contributed by atoms with Crippen molar-refractivity contribution in [3.63, 3.8) is 0 Å². The lowest BCUT2D eigenvalue weighted by molar-refractivity contribution is -0.119. The molecule has 1 fully saturated rings. The van der Waals surface area contributed by atoms with Crippen LogP contribution in [0.5, 0.6) is 0 Å². The Balaban J connectivity index is 1.63. The van der Waals surface area contributed by atoms with Crippen LogP contribution in [0, 0.1) is 0 Å². The van der Waals surface area contributed by atoms with Gasteiger partial charge in [-0.1, -0.05) is 13.0 Å². The van der Waals surface area contributed by atoms with Crippen LogP contribution >= 0.6 is 0 Å². The molecule has 0 radical (unpaired) electrons. The van der Waals surface area contributed by atoms with Crippen molar-refractivity contribution >= 4 is 5.91 Å². The zero-order chi connectivity index (χ0) is 17.6. The number of nitrogens with zero attached hydrogens (tertiary/aromatic N) is 4. The highest BCUT2D eigenvalue weighted by atomic mass is 16.1. The molecular weight excluding hydrogens is 314 g/mol. The topological polar surface area (TPSA) is 63.0 Å². The first-order chi connectivity index (χ1) is 12.2. The molecule has 0 aromatic carbocycles. The van der Waals surface area contributed by atoms with Crippen LogP contribution in [-0.2, 0) is 24.4 Å². The van der Waals surface area contributed by atoms with E-state index in [0.717, 1.165) is 43.7 Å². The van der Waals surface area contributed by atoms with Crippen molar-refractivity contribution in [3.05, 3.63) is 47.5 Å². The van der Waals surface area contributed by atoms with Gasteiger partial charge >= 0.3 is 0 Å². The Morgan fingerprint density at radius 3 is 2.92 bits per heavy atom. The molecule has 3 rings (SSSR count). The molecule has 2 aromatic rings. The van der Waals surface area contributed by atoms with E-state index in [1.165, 1.54) is 18.9 Å². The van der Waals surface area contributed by atoms with Crippen molar-refractivity contribution in [2.45, 2.75) is 58.8 Å². The average molecular weight is 341 g/mol. The largest absolute Gasteiger partial charge is 0.352 e. The molecule has 1 unspecified atom stereocenters. The van der Waals surface area contributed by atoms with E-state index in [2.05, 4.69) is 45.6 Å². The molecular formula is C19H27N5O. The number of aromatic nitrogens is 3. The maximum Gasteiger partial charge on any atom is 0.217 e. The Labute approximate surface area is 149 Å². The molecule has 3 heterocycles. The van der Waals surface area contributed by atoms with E-state index in [9.17, 15) is 4.79 Å². The third kappa shape index (κ3) is 4.66. The summed E-state index contributed by atoms with van der Waals surface area (Å²) in [5, 5.41) is 7.24. The zero-order valence-corrected chi connectivity index (χ0v) is 15.1. The summed E-state index contributed by atoms with van der Waals surface area (Å²) in [7, 11) is 0. The minimum Gasteiger partial charge on any atom is -0.352 e. The first-order valence-electron chi connectivity index (χ1n) is 9.10. The summed E-state index contributed by atoms with van der Waals surface area (Å²) >= 11 is 0. The summed E-state index contributed by atoms with van der Waals surface area (Å²) in [6.45, 7) is 7.22. The summed E-state index contributed by atoms with van der Waals surface area (Å²) in [4.78, 5) is 18.1. The van der Waals surface area contributed by atoms with Crippen LogP contribution in [-0.4, -0.2) is 32.1 Å². The van der Waals surface area contributed by atoms with Gasteiger partial charge in [0.05, 0.1) is 17.9 Å². The van der Waals surface area contributed by atoms with Crippen LogP contribution in [0.1, 0.15) is 56.0 Å². The molecule has 0 aliphatic carbocycles. The fourth-order valence-corrected chi connectivity index (χ4v) is 3.39. The molecule has 0 bridgehead atoms. The molecule has 0 saturated carbocycles. The number of pyridine rings is 1. The predicted octanol–water partition coefficient (Wildman–Crippen LogP) is 2.66. The Morgan fingerprint density at radius 1 is 1.32 bits per heavy atom. The lowest BCUT2D eigenvalue weighted by Gasteiger charge is -2.23. The SMILES string of the molecule is CCCn1cc(CN2CCCC2c2ccc(CNC(C)=O)cn2)cn1.